The van der Waals surface area contributed by atoms with Gasteiger partial charge in [0.25, 0.3) is 0 Å². The van der Waals surface area contributed by atoms with E-state index in [1.165, 1.54) is 6.07 Å². The zero-order valence-electron chi connectivity index (χ0n) is 15.5. The van der Waals surface area contributed by atoms with E-state index in [-0.39, 0.29) is 42.2 Å². The number of ether oxygens (including phenoxy) is 1. The fourth-order valence-electron chi connectivity index (χ4n) is 4.05. The number of hydrogen-bond acceptors (Lipinski definition) is 4. The highest BCUT2D eigenvalue weighted by Gasteiger charge is 2.36. The first-order chi connectivity index (χ1) is 13.0. The summed E-state index contributed by atoms with van der Waals surface area (Å²) in [5, 5.41) is 3.01. The van der Waals surface area contributed by atoms with E-state index >= 15 is 0 Å². The third-order valence-electron chi connectivity index (χ3n) is 5.62. The Hall–Kier alpha value is -1.83. The van der Waals surface area contributed by atoms with Crippen molar-refractivity contribution in [2.24, 2.45) is 5.92 Å². The molecule has 27 heavy (non-hydrogen) atoms. The van der Waals surface area contributed by atoms with Gasteiger partial charge in [0.2, 0.25) is 5.91 Å². The number of amides is 1. The number of carbonyl (C=O) groups excluding carboxylic acids is 1. The Morgan fingerprint density at radius 2 is 2.15 bits per heavy atom. The molecule has 5 nitrogen and oxygen atoms in total. The van der Waals surface area contributed by atoms with E-state index in [1.807, 2.05) is 0 Å². The Morgan fingerprint density at radius 1 is 1.33 bits per heavy atom. The molecule has 3 aliphatic heterocycles. The molecule has 0 unspecified atom stereocenters. The van der Waals surface area contributed by atoms with Gasteiger partial charge in [-0.25, -0.2) is 8.78 Å². The molecule has 0 aromatic heterocycles. The zero-order valence-corrected chi connectivity index (χ0v) is 15.5. The Bertz CT molecular complexity index is 749. The third kappa shape index (κ3) is 4.20. The summed E-state index contributed by atoms with van der Waals surface area (Å²) >= 11 is 0. The number of hydrogen-bond donors (Lipinski definition) is 1. The van der Waals surface area contributed by atoms with Crippen LogP contribution in [0.25, 0.3) is 5.83 Å². The van der Waals surface area contributed by atoms with Gasteiger partial charge in [0, 0.05) is 37.7 Å². The first-order valence-electron chi connectivity index (χ1n) is 9.47. The van der Waals surface area contributed by atoms with E-state index in [1.54, 1.807) is 25.1 Å². The maximum atomic E-state index is 14.3. The molecule has 146 valence electrons. The van der Waals surface area contributed by atoms with E-state index in [2.05, 4.69) is 15.1 Å². The number of morpholine rings is 1. The molecule has 7 heteroatoms. The predicted octanol–water partition coefficient (Wildman–Crippen LogP) is 1.92. The number of piperidine rings is 1. The summed E-state index contributed by atoms with van der Waals surface area (Å²) in [5.74, 6) is -0.644. The molecule has 1 N–H and O–H groups in total. The fourth-order valence-corrected chi connectivity index (χ4v) is 4.05. The molecule has 3 fully saturated rings. The lowest BCUT2D eigenvalue weighted by Gasteiger charge is -2.45. The molecular weight excluding hydrogens is 352 g/mol. The number of aryl methyl sites for hydroxylation is 1. The van der Waals surface area contributed by atoms with Crippen molar-refractivity contribution >= 4 is 11.7 Å². The molecule has 2 atom stereocenters. The molecule has 3 saturated heterocycles. The van der Waals surface area contributed by atoms with Crippen molar-refractivity contribution in [1.82, 2.24) is 15.1 Å². The van der Waals surface area contributed by atoms with Gasteiger partial charge in [-0.1, -0.05) is 12.1 Å². The van der Waals surface area contributed by atoms with Crippen molar-refractivity contribution < 1.29 is 18.3 Å². The molecule has 0 spiro atoms. The van der Waals surface area contributed by atoms with E-state index < -0.39 is 0 Å². The average molecular weight is 377 g/mol. The van der Waals surface area contributed by atoms with Gasteiger partial charge in [0.05, 0.1) is 18.8 Å². The summed E-state index contributed by atoms with van der Waals surface area (Å²) in [5.41, 5.74) is 0.816. The second-order valence-electron chi connectivity index (χ2n) is 7.81. The van der Waals surface area contributed by atoms with E-state index in [0.29, 0.717) is 11.1 Å². The van der Waals surface area contributed by atoms with Gasteiger partial charge >= 0.3 is 0 Å². The smallest absolute Gasteiger partial charge is 0.246 e. The number of carbonyl (C=O) groups is 1. The Morgan fingerprint density at radius 3 is 2.93 bits per heavy atom. The minimum Gasteiger partial charge on any atom is -0.366 e. The highest BCUT2D eigenvalue weighted by Crippen LogP contribution is 2.26. The van der Waals surface area contributed by atoms with Crippen molar-refractivity contribution in [3.8, 4) is 0 Å². The lowest BCUT2D eigenvalue weighted by Crippen LogP contribution is -2.62. The average Bonchev–Trinajstić information content (AvgIpc) is 2.61. The van der Waals surface area contributed by atoms with Crippen LogP contribution in [0.2, 0.25) is 0 Å². The van der Waals surface area contributed by atoms with Gasteiger partial charge in [0.15, 0.2) is 0 Å². The van der Waals surface area contributed by atoms with E-state index in [4.69, 9.17) is 4.74 Å². The van der Waals surface area contributed by atoms with E-state index in [0.717, 1.165) is 39.3 Å². The molecule has 1 aromatic carbocycles. The van der Waals surface area contributed by atoms with Gasteiger partial charge in [0.1, 0.15) is 18.3 Å². The van der Waals surface area contributed by atoms with Crippen LogP contribution in [-0.2, 0) is 9.53 Å². The quantitative estimate of drug-likeness (QED) is 0.871. The largest absolute Gasteiger partial charge is 0.366 e. The Kier molecular flexibility index (Phi) is 5.25. The highest BCUT2D eigenvalue weighted by molar-refractivity contribution is 5.78. The maximum Gasteiger partial charge on any atom is 0.246 e. The van der Waals surface area contributed by atoms with E-state index in [9.17, 15) is 13.6 Å². The molecule has 0 aliphatic carbocycles. The second-order valence-corrected chi connectivity index (χ2v) is 7.81. The van der Waals surface area contributed by atoms with Crippen LogP contribution in [0.5, 0.6) is 0 Å². The van der Waals surface area contributed by atoms with Crippen LogP contribution in [0.4, 0.5) is 8.78 Å². The van der Waals surface area contributed by atoms with Crippen LogP contribution in [-0.4, -0.2) is 67.3 Å². The van der Waals surface area contributed by atoms with Crippen LogP contribution in [0.1, 0.15) is 17.5 Å². The first kappa shape index (κ1) is 18.5. The maximum absolute atomic E-state index is 14.3. The Balaban J connectivity index is 1.26. The Labute approximate surface area is 158 Å². The minimum absolute atomic E-state index is 0.0460. The summed E-state index contributed by atoms with van der Waals surface area (Å²) in [7, 11) is 0. The number of fused-ring (bicyclic) bond motifs is 1. The summed E-state index contributed by atoms with van der Waals surface area (Å²) in [6, 6.07) is 4.53. The summed E-state index contributed by atoms with van der Waals surface area (Å²) in [6.07, 6.45) is 2.63. The van der Waals surface area contributed by atoms with Crippen LogP contribution >= 0.6 is 0 Å². The zero-order chi connectivity index (χ0) is 19.0. The van der Waals surface area contributed by atoms with Gasteiger partial charge in [-0.05, 0) is 31.1 Å². The molecule has 0 radical (unpaired) electrons. The predicted molar refractivity (Wildman–Crippen MR) is 98.0 cm³/mol. The molecular formula is C20H25F2N3O2. The van der Waals surface area contributed by atoms with Crippen molar-refractivity contribution in [1.29, 1.82) is 0 Å². The van der Waals surface area contributed by atoms with Crippen LogP contribution in [0.15, 0.2) is 24.3 Å². The molecule has 0 bridgehead atoms. The minimum atomic E-state index is -0.381. The standard InChI is InChI=1S/C20H25F2N3O2/c1-13-2-3-15(7-16(13)21)17(22)6-14-8-25(9-14)12-24-5-4-19-18(10-24)23-20(26)11-27-19/h2-3,6-7,14,18-19H,4-5,8-12H2,1H3,(H,23,26)/b17-6-/t18-,19+/m1/s1. The van der Waals surface area contributed by atoms with Crippen molar-refractivity contribution in [2.45, 2.75) is 25.5 Å². The van der Waals surface area contributed by atoms with Crippen molar-refractivity contribution in [2.75, 3.05) is 39.5 Å². The third-order valence-corrected chi connectivity index (χ3v) is 5.62. The van der Waals surface area contributed by atoms with Crippen LogP contribution in [0.3, 0.4) is 0 Å². The number of halogens is 2. The number of likely N-dealkylation sites (tertiary alicyclic amines) is 2. The van der Waals surface area contributed by atoms with Crippen LogP contribution in [0, 0.1) is 18.7 Å². The molecule has 3 aliphatic rings. The molecule has 1 aromatic rings. The fraction of sp³-hybridized carbons (Fsp3) is 0.550. The van der Waals surface area contributed by atoms with Crippen LogP contribution < -0.4 is 5.32 Å². The summed E-state index contributed by atoms with van der Waals surface area (Å²) in [6.45, 7) is 5.93. The lowest BCUT2D eigenvalue weighted by molar-refractivity contribution is -0.141. The molecule has 0 saturated carbocycles. The molecule has 3 heterocycles. The number of benzene rings is 1. The van der Waals surface area contributed by atoms with Gasteiger partial charge in [-0.15, -0.1) is 0 Å². The second kappa shape index (κ2) is 7.66. The van der Waals surface area contributed by atoms with Gasteiger partial charge in [-0.3, -0.25) is 14.6 Å². The summed E-state index contributed by atoms with van der Waals surface area (Å²) in [4.78, 5) is 16.1. The monoisotopic (exact) mass is 377 g/mol. The van der Waals surface area contributed by atoms with Gasteiger partial charge in [-0.2, -0.15) is 0 Å². The van der Waals surface area contributed by atoms with Crippen molar-refractivity contribution in [3.05, 3.63) is 41.2 Å². The summed E-state index contributed by atoms with van der Waals surface area (Å²) < 4.78 is 33.5. The normalized spacial score (nSPS) is 27.8. The number of nitrogens with zero attached hydrogens (tertiary/aromatic N) is 2. The van der Waals surface area contributed by atoms with Crippen molar-refractivity contribution in [3.63, 3.8) is 0 Å². The highest BCUT2D eigenvalue weighted by atomic mass is 19.1. The number of nitrogens with one attached hydrogen (secondary N) is 1. The molecule has 1 amide bonds. The molecule has 4 rings (SSSR count). The lowest BCUT2D eigenvalue weighted by atomic mass is 9.97. The first-order valence-corrected chi connectivity index (χ1v) is 9.47. The SMILES string of the molecule is Cc1ccc(/C(F)=C/C2CN(CN3CC[C@@H]4OCC(=O)N[C@@H]4C3)C2)cc1F. The topological polar surface area (TPSA) is 44.8 Å². The number of rotatable bonds is 4. The van der Waals surface area contributed by atoms with Gasteiger partial charge < -0.3 is 10.1 Å².